The highest BCUT2D eigenvalue weighted by Crippen LogP contribution is 2.29. The Labute approximate surface area is 177 Å². The van der Waals surface area contributed by atoms with Gasteiger partial charge in [-0.05, 0) is 35.9 Å². The minimum absolute atomic E-state index is 0.0849. The minimum atomic E-state index is -0.264. The molecule has 8 heteroatoms. The van der Waals surface area contributed by atoms with E-state index in [1.54, 1.807) is 34.1 Å². The summed E-state index contributed by atoms with van der Waals surface area (Å²) in [6.07, 6.45) is 7.81. The molecular formula is C22H19FN4O2S. The van der Waals surface area contributed by atoms with Gasteiger partial charge in [0.05, 0.1) is 6.20 Å². The standard InChI is InChI=1S/C22H19FN4O2S/c23-17-3-1-16(2-4-17)20-7-5-18(30-20)6-8-21(28)26-11-13-27(14-12-26)22(29)19-15-24-9-10-25-19/h1-10,15H,11-14H2/b8-6+. The molecule has 0 aliphatic carbocycles. The Kier molecular flexibility index (Phi) is 5.94. The lowest BCUT2D eigenvalue weighted by atomic mass is 10.2. The molecule has 1 saturated heterocycles. The molecule has 3 aromatic rings. The van der Waals surface area contributed by atoms with Crippen molar-refractivity contribution in [3.05, 3.63) is 77.5 Å². The molecule has 1 aromatic carbocycles. The fraction of sp³-hybridized carbons (Fsp3) is 0.182. The lowest BCUT2D eigenvalue weighted by molar-refractivity contribution is -0.127. The number of carbonyl (C=O) groups excluding carboxylic acids is 2. The molecule has 2 aromatic heterocycles. The number of halogens is 1. The summed E-state index contributed by atoms with van der Waals surface area (Å²) in [4.78, 5) is 38.2. The van der Waals surface area contributed by atoms with E-state index in [0.29, 0.717) is 31.9 Å². The first-order valence-electron chi connectivity index (χ1n) is 9.48. The molecule has 2 amide bonds. The van der Waals surface area contributed by atoms with Gasteiger partial charge in [-0.15, -0.1) is 11.3 Å². The Morgan fingerprint density at radius 2 is 1.70 bits per heavy atom. The van der Waals surface area contributed by atoms with Crippen molar-refractivity contribution < 1.29 is 14.0 Å². The van der Waals surface area contributed by atoms with Gasteiger partial charge < -0.3 is 9.80 Å². The van der Waals surface area contributed by atoms with Gasteiger partial charge in [0.25, 0.3) is 5.91 Å². The summed E-state index contributed by atoms with van der Waals surface area (Å²) in [6.45, 7) is 1.87. The van der Waals surface area contributed by atoms with Gasteiger partial charge in [0.15, 0.2) is 0 Å². The van der Waals surface area contributed by atoms with Gasteiger partial charge in [-0.3, -0.25) is 14.6 Å². The maximum atomic E-state index is 13.1. The lowest BCUT2D eigenvalue weighted by Gasteiger charge is -2.34. The maximum Gasteiger partial charge on any atom is 0.274 e. The van der Waals surface area contributed by atoms with Crippen LogP contribution in [0.4, 0.5) is 4.39 Å². The number of amides is 2. The van der Waals surface area contributed by atoms with Gasteiger partial charge >= 0.3 is 0 Å². The average Bonchev–Trinajstić information content (AvgIpc) is 3.27. The second-order valence-electron chi connectivity index (χ2n) is 6.75. The highest BCUT2D eigenvalue weighted by molar-refractivity contribution is 7.16. The van der Waals surface area contributed by atoms with Crippen LogP contribution >= 0.6 is 11.3 Å². The van der Waals surface area contributed by atoms with Gasteiger partial charge in [-0.25, -0.2) is 9.37 Å². The number of piperazine rings is 1. The molecule has 0 N–H and O–H groups in total. The van der Waals surface area contributed by atoms with E-state index >= 15 is 0 Å². The van der Waals surface area contributed by atoms with Crippen molar-refractivity contribution in [1.29, 1.82) is 0 Å². The smallest absolute Gasteiger partial charge is 0.274 e. The van der Waals surface area contributed by atoms with Crippen LogP contribution in [0.2, 0.25) is 0 Å². The maximum absolute atomic E-state index is 13.1. The number of nitrogens with zero attached hydrogens (tertiary/aromatic N) is 4. The fourth-order valence-electron chi connectivity index (χ4n) is 3.17. The second kappa shape index (κ2) is 8.96. The number of rotatable bonds is 4. The SMILES string of the molecule is O=C(/C=C/c1ccc(-c2ccc(F)cc2)s1)N1CCN(C(=O)c2cnccn2)CC1. The molecule has 4 rings (SSSR count). The Hall–Kier alpha value is -3.39. The van der Waals surface area contributed by atoms with Gasteiger partial charge in [-0.2, -0.15) is 0 Å². The second-order valence-corrected chi connectivity index (χ2v) is 7.87. The summed E-state index contributed by atoms with van der Waals surface area (Å²) < 4.78 is 13.1. The van der Waals surface area contributed by atoms with Crippen molar-refractivity contribution in [3.63, 3.8) is 0 Å². The Morgan fingerprint density at radius 3 is 2.40 bits per heavy atom. The quantitative estimate of drug-likeness (QED) is 0.605. The van der Waals surface area contributed by atoms with Crippen LogP contribution in [-0.2, 0) is 4.79 Å². The predicted octanol–water partition coefficient (Wildman–Crippen LogP) is 3.34. The fourth-order valence-corrected chi connectivity index (χ4v) is 4.09. The molecule has 0 unspecified atom stereocenters. The summed E-state index contributed by atoms with van der Waals surface area (Å²) in [5.41, 5.74) is 1.25. The van der Waals surface area contributed by atoms with E-state index < -0.39 is 0 Å². The molecule has 1 aliphatic rings. The summed E-state index contributed by atoms with van der Waals surface area (Å²) in [5, 5.41) is 0. The number of aromatic nitrogens is 2. The first-order chi connectivity index (χ1) is 14.6. The molecule has 3 heterocycles. The molecule has 0 spiro atoms. The highest BCUT2D eigenvalue weighted by Gasteiger charge is 2.24. The van der Waals surface area contributed by atoms with Gasteiger partial charge in [-0.1, -0.05) is 12.1 Å². The number of benzene rings is 1. The van der Waals surface area contributed by atoms with Crippen LogP contribution in [0.3, 0.4) is 0 Å². The highest BCUT2D eigenvalue weighted by atomic mass is 32.1. The zero-order valence-electron chi connectivity index (χ0n) is 16.1. The number of carbonyl (C=O) groups is 2. The predicted molar refractivity (Wildman–Crippen MR) is 113 cm³/mol. The normalized spacial score (nSPS) is 14.3. The van der Waals surface area contributed by atoms with E-state index in [1.807, 2.05) is 12.1 Å². The van der Waals surface area contributed by atoms with Crippen LogP contribution in [0.5, 0.6) is 0 Å². The van der Waals surface area contributed by atoms with Crippen molar-refractivity contribution in [2.24, 2.45) is 0 Å². The Balaban J connectivity index is 1.32. The molecule has 0 saturated carbocycles. The van der Waals surface area contributed by atoms with E-state index in [1.165, 1.54) is 42.1 Å². The molecular weight excluding hydrogens is 403 g/mol. The third-order valence-corrected chi connectivity index (χ3v) is 5.91. The number of thiophene rings is 1. The van der Waals surface area contributed by atoms with Crippen LogP contribution in [0.1, 0.15) is 15.4 Å². The number of hydrogen-bond acceptors (Lipinski definition) is 5. The largest absolute Gasteiger partial charge is 0.336 e. The zero-order valence-corrected chi connectivity index (χ0v) is 16.9. The summed E-state index contributed by atoms with van der Waals surface area (Å²) in [7, 11) is 0. The zero-order chi connectivity index (χ0) is 20.9. The van der Waals surface area contributed by atoms with Gasteiger partial charge in [0.2, 0.25) is 5.91 Å². The first kappa shape index (κ1) is 19.9. The molecule has 0 bridgehead atoms. The Morgan fingerprint density at radius 1 is 0.967 bits per heavy atom. The molecule has 30 heavy (non-hydrogen) atoms. The van der Waals surface area contributed by atoms with E-state index in [-0.39, 0.29) is 17.6 Å². The average molecular weight is 422 g/mol. The third kappa shape index (κ3) is 4.60. The number of hydrogen-bond donors (Lipinski definition) is 0. The van der Waals surface area contributed by atoms with Crippen molar-refractivity contribution >= 4 is 29.2 Å². The molecule has 6 nitrogen and oxygen atoms in total. The van der Waals surface area contributed by atoms with Crippen molar-refractivity contribution in [1.82, 2.24) is 19.8 Å². The molecule has 152 valence electrons. The van der Waals surface area contributed by atoms with Crippen LogP contribution in [0, 0.1) is 5.82 Å². The van der Waals surface area contributed by atoms with Crippen molar-refractivity contribution in [2.45, 2.75) is 0 Å². The molecule has 1 aliphatic heterocycles. The van der Waals surface area contributed by atoms with E-state index in [4.69, 9.17) is 0 Å². The van der Waals surface area contributed by atoms with Crippen molar-refractivity contribution in [2.75, 3.05) is 26.2 Å². The molecule has 1 fully saturated rings. The lowest BCUT2D eigenvalue weighted by Crippen LogP contribution is -2.50. The van der Waals surface area contributed by atoms with Crippen LogP contribution in [0.25, 0.3) is 16.5 Å². The summed E-state index contributed by atoms with van der Waals surface area (Å²) in [5.74, 6) is -0.518. The summed E-state index contributed by atoms with van der Waals surface area (Å²) >= 11 is 1.54. The minimum Gasteiger partial charge on any atom is -0.336 e. The van der Waals surface area contributed by atoms with Gasteiger partial charge in [0.1, 0.15) is 11.5 Å². The first-order valence-corrected chi connectivity index (χ1v) is 10.3. The van der Waals surface area contributed by atoms with E-state index in [9.17, 15) is 14.0 Å². The summed E-state index contributed by atoms with van der Waals surface area (Å²) in [6, 6.07) is 10.2. The van der Waals surface area contributed by atoms with Crippen LogP contribution in [-0.4, -0.2) is 57.8 Å². The Bertz CT molecular complexity index is 1060. The van der Waals surface area contributed by atoms with Gasteiger partial charge in [0, 0.05) is 54.4 Å². The van der Waals surface area contributed by atoms with Crippen LogP contribution in [0.15, 0.2) is 61.1 Å². The van der Waals surface area contributed by atoms with E-state index in [2.05, 4.69) is 9.97 Å². The monoisotopic (exact) mass is 422 g/mol. The van der Waals surface area contributed by atoms with E-state index in [0.717, 1.165) is 15.3 Å². The third-order valence-electron chi connectivity index (χ3n) is 4.81. The topological polar surface area (TPSA) is 66.4 Å². The molecule has 0 atom stereocenters. The molecule has 0 radical (unpaired) electrons. The van der Waals surface area contributed by atoms with Crippen molar-refractivity contribution in [3.8, 4) is 10.4 Å². The van der Waals surface area contributed by atoms with Crippen LogP contribution < -0.4 is 0 Å².